The van der Waals surface area contributed by atoms with E-state index in [4.69, 9.17) is 4.74 Å². The Labute approximate surface area is 174 Å². The number of nitrogens with one attached hydrogen (secondary N) is 1. The number of carbonyl (C=O) groups is 1. The second-order valence-electron chi connectivity index (χ2n) is 6.78. The van der Waals surface area contributed by atoms with Crippen molar-refractivity contribution in [1.29, 1.82) is 0 Å². The Hall–Kier alpha value is -2.98. The van der Waals surface area contributed by atoms with Crippen molar-refractivity contribution >= 4 is 27.2 Å². The predicted octanol–water partition coefficient (Wildman–Crippen LogP) is 3.07. The number of rotatable bonds is 9. The first-order valence-electron chi connectivity index (χ1n) is 9.61. The van der Waals surface area contributed by atoms with Crippen LogP contribution < -0.4 is 10.1 Å². The SMILES string of the molecule is CCOc1ccc(NCC(=O)c2ccc(S(=O)(=O)N3CCCC3)cc2)c([N+](=O)[O-])c1. The molecule has 0 atom stereocenters. The van der Waals surface area contributed by atoms with Gasteiger partial charge in [-0.1, -0.05) is 0 Å². The molecular formula is C20H23N3O6S. The molecule has 2 aromatic carbocycles. The summed E-state index contributed by atoms with van der Waals surface area (Å²) in [6.45, 7) is 3.00. The van der Waals surface area contributed by atoms with Gasteiger partial charge in [0, 0.05) is 18.7 Å². The van der Waals surface area contributed by atoms with Crippen LogP contribution in [0.3, 0.4) is 0 Å². The van der Waals surface area contributed by atoms with E-state index >= 15 is 0 Å². The van der Waals surface area contributed by atoms with E-state index in [9.17, 15) is 23.3 Å². The summed E-state index contributed by atoms with van der Waals surface area (Å²) in [5.74, 6) is 0.0548. The summed E-state index contributed by atoms with van der Waals surface area (Å²) < 4.78 is 31.8. The van der Waals surface area contributed by atoms with Gasteiger partial charge in [-0.25, -0.2) is 8.42 Å². The van der Waals surface area contributed by atoms with Crippen molar-refractivity contribution in [3.63, 3.8) is 0 Å². The molecule has 2 aromatic rings. The summed E-state index contributed by atoms with van der Waals surface area (Å²) in [6.07, 6.45) is 1.69. The number of anilines is 1. The maximum atomic E-state index is 12.6. The van der Waals surface area contributed by atoms with Crippen LogP contribution in [0.5, 0.6) is 5.75 Å². The number of ketones is 1. The molecule has 0 spiro atoms. The summed E-state index contributed by atoms with van der Waals surface area (Å²) in [4.78, 5) is 23.4. The van der Waals surface area contributed by atoms with Crippen LogP contribution in [0.15, 0.2) is 47.4 Å². The van der Waals surface area contributed by atoms with Crippen LogP contribution in [0, 0.1) is 10.1 Å². The third-order valence-corrected chi connectivity index (χ3v) is 6.71. The molecule has 0 saturated carbocycles. The number of nitro groups is 1. The molecular weight excluding hydrogens is 410 g/mol. The van der Waals surface area contributed by atoms with Crippen molar-refractivity contribution < 1.29 is 22.9 Å². The molecule has 0 unspecified atom stereocenters. The molecule has 30 heavy (non-hydrogen) atoms. The maximum Gasteiger partial charge on any atom is 0.296 e. The highest BCUT2D eigenvalue weighted by Crippen LogP contribution is 2.29. The summed E-state index contributed by atoms with van der Waals surface area (Å²) in [7, 11) is -3.54. The lowest BCUT2D eigenvalue weighted by Gasteiger charge is -2.15. The van der Waals surface area contributed by atoms with Crippen LogP contribution in [-0.2, 0) is 10.0 Å². The van der Waals surface area contributed by atoms with Gasteiger partial charge in [-0.3, -0.25) is 14.9 Å². The van der Waals surface area contributed by atoms with Gasteiger partial charge in [0.15, 0.2) is 5.78 Å². The van der Waals surface area contributed by atoms with Crippen molar-refractivity contribution in [1.82, 2.24) is 4.31 Å². The van der Waals surface area contributed by atoms with Gasteiger partial charge in [0.1, 0.15) is 11.4 Å². The number of benzene rings is 2. The van der Waals surface area contributed by atoms with Crippen LogP contribution in [0.25, 0.3) is 0 Å². The average molecular weight is 433 g/mol. The van der Waals surface area contributed by atoms with Gasteiger partial charge in [0.05, 0.1) is 29.0 Å². The number of sulfonamides is 1. The Balaban J connectivity index is 1.69. The number of hydrogen-bond donors (Lipinski definition) is 1. The molecule has 1 aliphatic rings. The van der Waals surface area contributed by atoms with Gasteiger partial charge >= 0.3 is 0 Å². The number of nitrogens with zero attached hydrogens (tertiary/aromatic N) is 2. The van der Waals surface area contributed by atoms with E-state index in [2.05, 4.69) is 5.32 Å². The Morgan fingerprint density at radius 1 is 1.17 bits per heavy atom. The Kier molecular flexibility index (Phi) is 6.68. The number of ether oxygens (including phenoxy) is 1. The molecule has 0 amide bonds. The normalized spacial score (nSPS) is 14.4. The quantitative estimate of drug-likeness (QED) is 0.367. The summed E-state index contributed by atoms with van der Waals surface area (Å²) in [6, 6.07) is 10.1. The summed E-state index contributed by atoms with van der Waals surface area (Å²) >= 11 is 0. The van der Waals surface area contributed by atoms with E-state index in [-0.39, 0.29) is 28.6 Å². The van der Waals surface area contributed by atoms with Crippen LogP contribution in [-0.4, -0.2) is 49.7 Å². The number of hydrogen-bond acceptors (Lipinski definition) is 7. The Bertz CT molecular complexity index is 1030. The van der Waals surface area contributed by atoms with E-state index in [1.807, 2.05) is 0 Å². The monoisotopic (exact) mass is 433 g/mol. The van der Waals surface area contributed by atoms with Crippen molar-refractivity contribution in [3.8, 4) is 5.75 Å². The van der Waals surface area contributed by atoms with Gasteiger partial charge in [0.2, 0.25) is 10.0 Å². The largest absolute Gasteiger partial charge is 0.494 e. The van der Waals surface area contributed by atoms with Gasteiger partial charge < -0.3 is 10.1 Å². The smallest absolute Gasteiger partial charge is 0.296 e. The van der Waals surface area contributed by atoms with Crippen LogP contribution in [0.4, 0.5) is 11.4 Å². The van der Waals surface area contributed by atoms with Crippen LogP contribution >= 0.6 is 0 Å². The molecule has 9 nitrogen and oxygen atoms in total. The third-order valence-electron chi connectivity index (χ3n) is 4.80. The number of carbonyl (C=O) groups excluding carboxylic acids is 1. The Morgan fingerprint density at radius 2 is 1.83 bits per heavy atom. The molecule has 1 fully saturated rings. The van der Waals surface area contributed by atoms with Gasteiger partial charge in [0.25, 0.3) is 5.69 Å². The second-order valence-corrected chi connectivity index (χ2v) is 8.72. The van der Waals surface area contributed by atoms with Crippen molar-refractivity contribution in [2.24, 2.45) is 0 Å². The van der Waals surface area contributed by atoms with Crippen molar-refractivity contribution in [2.75, 3.05) is 31.6 Å². The van der Waals surface area contributed by atoms with Crippen molar-refractivity contribution in [3.05, 3.63) is 58.1 Å². The van der Waals surface area contributed by atoms with Crippen LogP contribution in [0.1, 0.15) is 30.1 Å². The topological polar surface area (TPSA) is 119 Å². The predicted molar refractivity (Wildman–Crippen MR) is 112 cm³/mol. The van der Waals surface area contributed by atoms with Crippen molar-refractivity contribution in [2.45, 2.75) is 24.7 Å². The molecule has 1 N–H and O–H groups in total. The lowest BCUT2D eigenvalue weighted by Crippen LogP contribution is -2.27. The fraction of sp³-hybridized carbons (Fsp3) is 0.350. The lowest BCUT2D eigenvalue weighted by atomic mass is 10.1. The van der Waals surface area contributed by atoms with E-state index in [0.717, 1.165) is 12.8 Å². The highest BCUT2D eigenvalue weighted by molar-refractivity contribution is 7.89. The zero-order valence-electron chi connectivity index (χ0n) is 16.5. The first kappa shape index (κ1) is 21.7. The van der Waals surface area contributed by atoms with E-state index in [0.29, 0.717) is 31.0 Å². The molecule has 0 aliphatic carbocycles. The minimum absolute atomic E-state index is 0.149. The lowest BCUT2D eigenvalue weighted by molar-refractivity contribution is -0.384. The molecule has 1 saturated heterocycles. The van der Waals surface area contributed by atoms with E-state index in [1.54, 1.807) is 13.0 Å². The first-order chi connectivity index (χ1) is 14.3. The maximum absolute atomic E-state index is 12.6. The average Bonchev–Trinajstić information content (AvgIpc) is 3.28. The second kappa shape index (κ2) is 9.23. The van der Waals surface area contributed by atoms with Crippen LogP contribution in [0.2, 0.25) is 0 Å². The molecule has 1 heterocycles. The highest BCUT2D eigenvalue weighted by Gasteiger charge is 2.27. The zero-order chi connectivity index (χ0) is 21.7. The molecule has 1 aliphatic heterocycles. The minimum atomic E-state index is -3.54. The standard InChI is InChI=1S/C20H23N3O6S/c1-2-29-16-7-10-18(19(13-16)23(25)26)21-14-20(24)15-5-8-17(9-6-15)30(27,28)22-11-3-4-12-22/h5-10,13,21H,2-4,11-12,14H2,1H3. The van der Waals surface area contributed by atoms with Gasteiger partial charge in [-0.05, 0) is 56.2 Å². The highest BCUT2D eigenvalue weighted by atomic mass is 32.2. The molecule has 3 rings (SSSR count). The summed E-state index contributed by atoms with van der Waals surface area (Å²) in [5, 5.41) is 14.1. The van der Waals surface area contributed by atoms with E-state index in [1.165, 1.54) is 40.7 Å². The van der Waals surface area contributed by atoms with Gasteiger partial charge in [-0.15, -0.1) is 0 Å². The zero-order valence-corrected chi connectivity index (χ0v) is 17.4. The molecule has 160 valence electrons. The fourth-order valence-electron chi connectivity index (χ4n) is 3.24. The summed E-state index contributed by atoms with van der Waals surface area (Å²) in [5.41, 5.74) is 0.322. The van der Waals surface area contributed by atoms with E-state index < -0.39 is 14.9 Å². The molecule has 0 bridgehead atoms. The van der Waals surface area contributed by atoms with Gasteiger partial charge in [-0.2, -0.15) is 4.31 Å². The first-order valence-corrected chi connectivity index (χ1v) is 11.1. The third kappa shape index (κ3) is 4.77. The fourth-order valence-corrected chi connectivity index (χ4v) is 4.75. The molecule has 0 aromatic heterocycles. The Morgan fingerprint density at radius 3 is 2.43 bits per heavy atom. The number of Topliss-reactive ketones (excluding diaryl/α,β-unsaturated/α-hetero) is 1. The molecule has 10 heteroatoms. The number of nitro benzene ring substituents is 1. The minimum Gasteiger partial charge on any atom is -0.494 e. The molecule has 0 radical (unpaired) electrons.